The van der Waals surface area contributed by atoms with Crippen LogP contribution in [0.5, 0.6) is 0 Å². The van der Waals surface area contributed by atoms with Gasteiger partial charge in [-0.3, -0.25) is 4.79 Å². The first-order valence-corrected chi connectivity index (χ1v) is 8.03. The molecule has 1 amide bonds. The van der Waals surface area contributed by atoms with Crippen LogP contribution < -0.4 is 5.32 Å². The molecule has 1 aromatic heterocycles. The highest BCUT2D eigenvalue weighted by atomic mass is 35.5. The normalized spacial score (nSPS) is 10.8. The third kappa shape index (κ3) is 3.49. The van der Waals surface area contributed by atoms with E-state index in [0.29, 0.717) is 10.9 Å². The molecular weight excluding hydrogens is 324 g/mol. The lowest BCUT2D eigenvalue weighted by Crippen LogP contribution is -2.17. The van der Waals surface area contributed by atoms with Gasteiger partial charge in [-0.1, -0.05) is 37.6 Å². The Hall–Kier alpha value is -2.59. The Bertz CT molecular complexity index is 840. The molecule has 0 aliphatic heterocycles. The van der Waals surface area contributed by atoms with Crippen LogP contribution in [0.15, 0.2) is 59.3 Å². The summed E-state index contributed by atoms with van der Waals surface area (Å²) in [7, 11) is 0. The van der Waals surface area contributed by atoms with Crippen molar-refractivity contribution < 1.29 is 9.21 Å². The molecule has 0 radical (unpaired) electrons. The Morgan fingerprint density at radius 1 is 1.12 bits per heavy atom. The molecule has 0 atom stereocenters. The second-order valence-electron chi connectivity index (χ2n) is 5.75. The second kappa shape index (κ2) is 6.89. The third-order valence-corrected chi connectivity index (χ3v) is 3.96. The number of nitrogens with zero attached hydrogens (tertiary/aromatic N) is 1. The smallest absolute Gasteiger partial charge is 0.226 e. The number of anilines is 1. The topological polar surface area (TPSA) is 55.1 Å². The van der Waals surface area contributed by atoms with Crippen LogP contribution in [0.3, 0.4) is 0 Å². The van der Waals surface area contributed by atoms with Gasteiger partial charge in [0.2, 0.25) is 11.8 Å². The summed E-state index contributed by atoms with van der Waals surface area (Å²) in [5.74, 6) is 0.483. The Morgan fingerprint density at radius 2 is 1.83 bits per heavy atom. The summed E-state index contributed by atoms with van der Waals surface area (Å²) in [4.78, 5) is 15.9. The summed E-state index contributed by atoms with van der Waals surface area (Å²) >= 11 is 6.34. The number of nitrogens with one attached hydrogen (secondary N) is 1. The Balaban J connectivity index is 1.89. The molecule has 3 rings (SSSR count). The van der Waals surface area contributed by atoms with Crippen LogP contribution in [-0.2, 0) is 4.79 Å². The van der Waals surface area contributed by atoms with Crippen LogP contribution in [0.2, 0.25) is 5.02 Å². The molecule has 0 aliphatic carbocycles. The zero-order valence-electron chi connectivity index (χ0n) is 13.4. The lowest BCUT2D eigenvalue weighted by atomic mass is 10.0. The summed E-state index contributed by atoms with van der Waals surface area (Å²) in [6.45, 7) is 3.72. The molecule has 0 saturated heterocycles. The number of rotatable bonds is 4. The molecule has 2 aromatic carbocycles. The average Bonchev–Trinajstić information content (AvgIpc) is 3.10. The van der Waals surface area contributed by atoms with E-state index in [2.05, 4.69) is 10.3 Å². The first-order chi connectivity index (χ1) is 11.5. The summed E-state index contributed by atoms with van der Waals surface area (Å²) in [5, 5.41) is 3.51. The molecular formula is C19H17ClN2O2. The van der Waals surface area contributed by atoms with E-state index in [1.807, 2.05) is 56.3 Å². The number of halogens is 1. The van der Waals surface area contributed by atoms with Crippen molar-refractivity contribution in [1.82, 2.24) is 4.98 Å². The van der Waals surface area contributed by atoms with E-state index in [4.69, 9.17) is 16.0 Å². The van der Waals surface area contributed by atoms with Gasteiger partial charge < -0.3 is 9.73 Å². The van der Waals surface area contributed by atoms with Crippen molar-refractivity contribution in [2.75, 3.05) is 5.32 Å². The highest BCUT2D eigenvalue weighted by Gasteiger charge is 2.10. The molecule has 0 aliphatic rings. The van der Waals surface area contributed by atoms with Gasteiger partial charge in [-0.2, -0.15) is 0 Å². The van der Waals surface area contributed by atoms with E-state index in [1.165, 1.54) is 6.26 Å². The van der Waals surface area contributed by atoms with Crippen molar-refractivity contribution in [3.05, 3.63) is 59.9 Å². The lowest BCUT2D eigenvalue weighted by Gasteiger charge is -2.10. The van der Waals surface area contributed by atoms with Gasteiger partial charge in [-0.05, 0) is 35.9 Å². The maximum atomic E-state index is 11.7. The fourth-order valence-corrected chi connectivity index (χ4v) is 2.49. The second-order valence-corrected chi connectivity index (χ2v) is 6.16. The minimum absolute atomic E-state index is 0.00771. The maximum Gasteiger partial charge on any atom is 0.226 e. The van der Waals surface area contributed by atoms with E-state index < -0.39 is 0 Å². The van der Waals surface area contributed by atoms with Crippen LogP contribution in [0.1, 0.15) is 13.8 Å². The highest BCUT2D eigenvalue weighted by Crippen LogP contribution is 2.32. The van der Waals surface area contributed by atoms with Crippen molar-refractivity contribution in [1.29, 1.82) is 0 Å². The molecule has 24 heavy (non-hydrogen) atoms. The molecule has 4 nitrogen and oxygen atoms in total. The van der Waals surface area contributed by atoms with Gasteiger partial charge in [0.15, 0.2) is 0 Å². The first-order valence-electron chi connectivity index (χ1n) is 7.65. The molecule has 0 spiro atoms. The van der Waals surface area contributed by atoms with Gasteiger partial charge >= 0.3 is 0 Å². The quantitative estimate of drug-likeness (QED) is 0.705. The van der Waals surface area contributed by atoms with E-state index in [1.54, 1.807) is 6.20 Å². The minimum Gasteiger partial charge on any atom is -0.445 e. The summed E-state index contributed by atoms with van der Waals surface area (Å²) in [5.41, 5.74) is 3.46. The van der Waals surface area contributed by atoms with Gasteiger partial charge in [0, 0.05) is 27.8 Å². The molecule has 5 heteroatoms. The van der Waals surface area contributed by atoms with Crippen molar-refractivity contribution in [3.8, 4) is 22.6 Å². The Morgan fingerprint density at radius 3 is 2.46 bits per heavy atom. The maximum absolute atomic E-state index is 11.7. The first kappa shape index (κ1) is 16.3. The SMILES string of the molecule is CC(C)C(=O)Nc1ccc(-c2cc(-c3ncco3)ccc2Cl)cc1. The number of hydrogen-bond donors (Lipinski definition) is 1. The van der Waals surface area contributed by atoms with Gasteiger partial charge in [0.05, 0.1) is 6.20 Å². The Labute approximate surface area is 145 Å². The number of carbonyl (C=O) groups excluding carboxylic acids is 1. The predicted octanol–water partition coefficient (Wildman–Crippen LogP) is 5.26. The van der Waals surface area contributed by atoms with Crippen LogP contribution in [0.25, 0.3) is 22.6 Å². The van der Waals surface area contributed by atoms with Crippen LogP contribution in [0.4, 0.5) is 5.69 Å². The fourth-order valence-electron chi connectivity index (χ4n) is 2.27. The molecule has 1 N–H and O–H groups in total. The van der Waals surface area contributed by atoms with Crippen LogP contribution in [0, 0.1) is 5.92 Å². The van der Waals surface area contributed by atoms with E-state index >= 15 is 0 Å². The molecule has 0 unspecified atom stereocenters. The number of amides is 1. The zero-order valence-corrected chi connectivity index (χ0v) is 14.2. The fraction of sp³-hybridized carbons (Fsp3) is 0.158. The number of benzene rings is 2. The summed E-state index contributed by atoms with van der Waals surface area (Å²) < 4.78 is 5.33. The third-order valence-electron chi connectivity index (χ3n) is 3.63. The van der Waals surface area contributed by atoms with E-state index in [0.717, 1.165) is 22.4 Å². The van der Waals surface area contributed by atoms with Crippen molar-refractivity contribution in [2.24, 2.45) is 5.92 Å². The number of hydrogen-bond acceptors (Lipinski definition) is 3. The number of aromatic nitrogens is 1. The Kier molecular flexibility index (Phi) is 4.67. The highest BCUT2D eigenvalue weighted by molar-refractivity contribution is 6.33. The largest absolute Gasteiger partial charge is 0.445 e. The van der Waals surface area contributed by atoms with Gasteiger partial charge in [0.1, 0.15) is 6.26 Å². The van der Waals surface area contributed by atoms with Crippen molar-refractivity contribution in [3.63, 3.8) is 0 Å². The molecule has 0 saturated carbocycles. The number of carbonyl (C=O) groups is 1. The molecule has 1 heterocycles. The van der Waals surface area contributed by atoms with E-state index in [9.17, 15) is 4.79 Å². The van der Waals surface area contributed by atoms with Crippen molar-refractivity contribution in [2.45, 2.75) is 13.8 Å². The lowest BCUT2D eigenvalue weighted by molar-refractivity contribution is -0.118. The van der Waals surface area contributed by atoms with Crippen LogP contribution >= 0.6 is 11.6 Å². The zero-order chi connectivity index (χ0) is 17.1. The molecule has 0 fully saturated rings. The standard InChI is InChI=1S/C19H17ClN2O2/c1-12(2)18(23)22-15-6-3-13(4-7-15)16-11-14(5-8-17(16)20)19-21-9-10-24-19/h3-12H,1-2H3,(H,22,23). The summed E-state index contributed by atoms with van der Waals surface area (Å²) in [6, 6.07) is 13.2. The van der Waals surface area contributed by atoms with E-state index in [-0.39, 0.29) is 11.8 Å². The predicted molar refractivity (Wildman–Crippen MR) is 95.9 cm³/mol. The van der Waals surface area contributed by atoms with Gasteiger partial charge in [-0.15, -0.1) is 0 Å². The van der Waals surface area contributed by atoms with Gasteiger partial charge in [0.25, 0.3) is 0 Å². The monoisotopic (exact) mass is 340 g/mol. The molecule has 122 valence electrons. The average molecular weight is 341 g/mol. The molecule has 3 aromatic rings. The van der Waals surface area contributed by atoms with Crippen molar-refractivity contribution >= 4 is 23.2 Å². The number of oxazole rings is 1. The van der Waals surface area contributed by atoms with Crippen LogP contribution in [-0.4, -0.2) is 10.9 Å². The minimum atomic E-state index is -0.0587. The van der Waals surface area contributed by atoms with Gasteiger partial charge in [-0.25, -0.2) is 4.98 Å². The molecule has 0 bridgehead atoms. The summed E-state index contributed by atoms with van der Waals surface area (Å²) in [6.07, 6.45) is 3.14.